The van der Waals surface area contributed by atoms with Crippen LogP contribution >= 0.6 is 0 Å². The second-order valence-corrected chi connectivity index (χ2v) is 5.13. The molecule has 0 aliphatic carbocycles. The molecule has 1 atom stereocenters. The molecular weight excluding hydrogens is 238 g/mol. The maximum absolute atomic E-state index is 8.97. The van der Waals surface area contributed by atoms with Crippen LogP contribution in [0.1, 0.15) is 24.0 Å². The summed E-state index contributed by atoms with van der Waals surface area (Å²) < 4.78 is 5.25. The van der Waals surface area contributed by atoms with Crippen molar-refractivity contribution in [2.45, 2.75) is 19.4 Å². The van der Waals surface area contributed by atoms with Gasteiger partial charge in [0.1, 0.15) is 11.8 Å². The summed E-state index contributed by atoms with van der Waals surface area (Å²) in [6, 6.07) is 7.94. The maximum Gasteiger partial charge on any atom is 0.136 e. The van der Waals surface area contributed by atoms with E-state index in [1.807, 2.05) is 18.2 Å². The van der Waals surface area contributed by atoms with Crippen LogP contribution in [0, 0.1) is 17.2 Å². The first-order valence-electron chi connectivity index (χ1n) is 6.76. The number of piperidine rings is 1. The Balaban J connectivity index is 2.05. The highest BCUT2D eigenvalue weighted by molar-refractivity contribution is 5.45. The molecule has 1 saturated heterocycles. The minimum atomic E-state index is 0.588. The Labute approximate surface area is 114 Å². The van der Waals surface area contributed by atoms with Gasteiger partial charge in [0.25, 0.3) is 0 Å². The van der Waals surface area contributed by atoms with E-state index < -0.39 is 0 Å². The van der Waals surface area contributed by atoms with E-state index in [1.54, 1.807) is 7.11 Å². The van der Waals surface area contributed by atoms with E-state index in [0.717, 1.165) is 26.2 Å². The van der Waals surface area contributed by atoms with Crippen molar-refractivity contribution in [2.75, 3.05) is 26.7 Å². The molecule has 2 rings (SSSR count). The van der Waals surface area contributed by atoms with Crippen LogP contribution < -0.4 is 10.5 Å². The molecular formula is C15H21N3O. The van der Waals surface area contributed by atoms with Gasteiger partial charge in [0, 0.05) is 13.1 Å². The molecule has 0 saturated carbocycles. The van der Waals surface area contributed by atoms with Crippen LogP contribution in [0.15, 0.2) is 18.2 Å². The summed E-state index contributed by atoms with van der Waals surface area (Å²) in [5.74, 6) is 1.28. The molecule has 0 bridgehead atoms. The lowest BCUT2D eigenvalue weighted by molar-refractivity contribution is 0.171. The van der Waals surface area contributed by atoms with E-state index in [0.29, 0.717) is 17.2 Å². The maximum atomic E-state index is 8.97. The van der Waals surface area contributed by atoms with E-state index in [2.05, 4.69) is 11.0 Å². The third-order valence-corrected chi connectivity index (χ3v) is 3.73. The van der Waals surface area contributed by atoms with Gasteiger partial charge < -0.3 is 10.5 Å². The number of nitrogens with zero attached hydrogens (tertiary/aromatic N) is 2. The topological polar surface area (TPSA) is 62.3 Å². The first-order valence-corrected chi connectivity index (χ1v) is 6.76. The zero-order valence-corrected chi connectivity index (χ0v) is 11.4. The van der Waals surface area contributed by atoms with Gasteiger partial charge in [-0.2, -0.15) is 5.26 Å². The monoisotopic (exact) mass is 259 g/mol. The smallest absolute Gasteiger partial charge is 0.136 e. The molecule has 0 spiro atoms. The summed E-state index contributed by atoms with van der Waals surface area (Å²) >= 11 is 0. The lowest BCUT2D eigenvalue weighted by atomic mass is 9.98. The molecule has 1 aromatic carbocycles. The summed E-state index contributed by atoms with van der Waals surface area (Å²) in [7, 11) is 1.60. The third-order valence-electron chi connectivity index (χ3n) is 3.73. The minimum absolute atomic E-state index is 0.588. The lowest BCUT2D eigenvalue weighted by Crippen LogP contribution is -2.37. The summed E-state index contributed by atoms with van der Waals surface area (Å²) in [5, 5.41) is 8.97. The normalized spacial score (nSPS) is 19.9. The van der Waals surface area contributed by atoms with Crippen molar-refractivity contribution in [3.05, 3.63) is 29.3 Å². The van der Waals surface area contributed by atoms with Gasteiger partial charge in [-0.25, -0.2) is 0 Å². The Hall–Kier alpha value is -1.57. The van der Waals surface area contributed by atoms with E-state index in [-0.39, 0.29) is 0 Å². The molecule has 1 aliphatic heterocycles. The van der Waals surface area contributed by atoms with Crippen LogP contribution in [-0.4, -0.2) is 31.6 Å². The number of benzene rings is 1. The van der Waals surface area contributed by atoms with Crippen LogP contribution in [0.5, 0.6) is 5.75 Å². The van der Waals surface area contributed by atoms with E-state index in [9.17, 15) is 0 Å². The SMILES string of the molecule is COc1cc(CN2CCCC(CN)C2)ccc1C#N. The highest BCUT2D eigenvalue weighted by Gasteiger charge is 2.18. The van der Waals surface area contributed by atoms with Crippen molar-refractivity contribution in [3.63, 3.8) is 0 Å². The Kier molecular flexibility index (Phi) is 4.78. The van der Waals surface area contributed by atoms with Gasteiger partial charge in [-0.15, -0.1) is 0 Å². The largest absolute Gasteiger partial charge is 0.495 e. The Bertz CT molecular complexity index is 467. The molecule has 1 aliphatic rings. The first-order chi connectivity index (χ1) is 9.26. The number of hydrogen-bond acceptors (Lipinski definition) is 4. The molecule has 4 nitrogen and oxygen atoms in total. The van der Waals surface area contributed by atoms with Gasteiger partial charge in [0.15, 0.2) is 0 Å². The zero-order chi connectivity index (χ0) is 13.7. The minimum Gasteiger partial charge on any atom is -0.495 e. The number of nitrogens with two attached hydrogens (primary N) is 1. The third kappa shape index (κ3) is 3.46. The van der Waals surface area contributed by atoms with Crippen molar-refractivity contribution in [1.29, 1.82) is 5.26 Å². The molecule has 1 unspecified atom stereocenters. The summed E-state index contributed by atoms with van der Waals surface area (Å²) in [5.41, 5.74) is 7.54. The van der Waals surface area contributed by atoms with Gasteiger partial charge in [-0.05, 0) is 49.5 Å². The average molecular weight is 259 g/mol. The van der Waals surface area contributed by atoms with Gasteiger partial charge in [0.05, 0.1) is 12.7 Å². The highest BCUT2D eigenvalue weighted by Crippen LogP contribution is 2.22. The zero-order valence-electron chi connectivity index (χ0n) is 11.4. The van der Waals surface area contributed by atoms with Crippen LogP contribution in [-0.2, 0) is 6.54 Å². The van der Waals surface area contributed by atoms with Gasteiger partial charge in [0.2, 0.25) is 0 Å². The molecule has 0 radical (unpaired) electrons. The van der Waals surface area contributed by atoms with Crippen molar-refractivity contribution in [2.24, 2.45) is 11.7 Å². The number of likely N-dealkylation sites (tertiary alicyclic amines) is 1. The van der Waals surface area contributed by atoms with Crippen molar-refractivity contribution in [1.82, 2.24) is 4.90 Å². The standard InChI is InChI=1S/C15H21N3O/c1-19-15-7-12(4-5-14(15)9-17)10-18-6-2-3-13(8-16)11-18/h4-5,7,13H,2-3,6,8,10-11,16H2,1H3. The van der Waals surface area contributed by atoms with E-state index in [4.69, 9.17) is 15.7 Å². The Morgan fingerprint density at radius 3 is 3.05 bits per heavy atom. The number of rotatable bonds is 4. The first kappa shape index (κ1) is 13.9. The predicted molar refractivity (Wildman–Crippen MR) is 74.8 cm³/mol. The number of hydrogen-bond donors (Lipinski definition) is 1. The van der Waals surface area contributed by atoms with Crippen LogP contribution in [0.4, 0.5) is 0 Å². The molecule has 4 heteroatoms. The quantitative estimate of drug-likeness (QED) is 0.894. The molecule has 1 aromatic rings. The average Bonchev–Trinajstić information content (AvgIpc) is 2.47. The molecule has 0 aromatic heterocycles. The molecule has 1 heterocycles. The van der Waals surface area contributed by atoms with Gasteiger partial charge >= 0.3 is 0 Å². The number of nitriles is 1. The van der Waals surface area contributed by atoms with E-state index in [1.165, 1.54) is 18.4 Å². The molecule has 19 heavy (non-hydrogen) atoms. The van der Waals surface area contributed by atoms with Gasteiger partial charge in [-0.1, -0.05) is 6.07 Å². The molecule has 0 amide bonds. The summed E-state index contributed by atoms with van der Waals surface area (Å²) in [4.78, 5) is 2.43. The highest BCUT2D eigenvalue weighted by atomic mass is 16.5. The Morgan fingerprint density at radius 1 is 1.53 bits per heavy atom. The van der Waals surface area contributed by atoms with Crippen LogP contribution in [0.3, 0.4) is 0 Å². The fraction of sp³-hybridized carbons (Fsp3) is 0.533. The second-order valence-electron chi connectivity index (χ2n) is 5.13. The number of methoxy groups -OCH3 is 1. The van der Waals surface area contributed by atoms with Crippen molar-refractivity contribution >= 4 is 0 Å². The molecule has 2 N–H and O–H groups in total. The van der Waals surface area contributed by atoms with Gasteiger partial charge in [-0.3, -0.25) is 4.90 Å². The second kappa shape index (κ2) is 6.55. The van der Waals surface area contributed by atoms with Crippen LogP contribution in [0.2, 0.25) is 0 Å². The van der Waals surface area contributed by atoms with Crippen molar-refractivity contribution in [3.8, 4) is 11.8 Å². The van der Waals surface area contributed by atoms with Crippen molar-refractivity contribution < 1.29 is 4.74 Å². The fourth-order valence-corrected chi connectivity index (χ4v) is 2.67. The Morgan fingerprint density at radius 2 is 2.37 bits per heavy atom. The summed E-state index contributed by atoms with van der Waals surface area (Å²) in [6.45, 7) is 3.86. The fourth-order valence-electron chi connectivity index (χ4n) is 2.67. The molecule has 1 fully saturated rings. The lowest BCUT2D eigenvalue weighted by Gasteiger charge is -2.32. The summed E-state index contributed by atoms with van der Waals surface area (Å²) in [6.07, 6.45) is 2.46. The number of ether oxygens (including phenoxy) is 1. The van der Waals surface area contributed by atoms with Crippen LogP contribution in [0.25, 0.3) is 0 Å². The van der Waals surface area contributed by atoms with E-state index >= 15 is 0 Å². The molecule has 102 valence electrons. The predicted octanol–water partition coefficient (Wildman–Crippen LogP) is 1.74.